The molecule has 0 aliphatic heterocycles. The molecule has 1 aliphatic carbocycles. The zero-order valence-electron chi connectivity index (χ0n) is 7.26. The molecule has 0 aromatic carbocycles. The fourth-order valence-corrected chi connectivity index (χ4v) is 1.35. The quantitative estimate of drug-likeness (QED) is 0.372. The Morgan fingerprint density at radius 2 is 2.42 bits per heavy atom. The molecule has 0 fully saturated rings. The minimum absolute atomic E-state index is 0.559. The number of halogens is 1. The predicted octanol–water partition coefficient (Wildman–Crippen LogP) is 3.26. The Bertz CT molecular complexity index is 173. The van der Waals surface area contributed by atoms with Crippen LogP contribution in [0, 0.1) is 0 Å². The maximum atomic E-state index is 5.45. The van der Waals surface area contributed by atoms with Crippen molar-refractivity contribution in [3.63, 3.8) is 0 Å². The van der Waals surface area contributed by atoms with Crippen LogP contribution in [-0.2, 0) is 4.74 Å². The smallest absolute Gasteiger partial charge is 0.101 e. The molecule has 0 saturated heterocycles. The SMILES string of the molecule is ClCCO/C=C/C1=CCCCC1. The van der Waals surface area contributed by atoms with Gasteiger partial charge in [0.2, 0.25) is 0 Å². The molecule has 0 saturated carbocycles. The Kier molecular flexibility index (Phi) is 4.93. The van der Waals surface area contributed by atoms with Gasteiger partial charge in [0, 0.05) is 0 Å². The number of allylic oxidation sites excluding steroid dienone is 3. The maximum absolute atomic E-state index is 5.45. The van der Waals surface area contributed by atoms with Gasteiger partial charge in [0.15, 0.2) is 0 Å². The first-order chi connectivity index (χ1) is 5.93. The first kappa shape index (κ1) is 9.66. The Morgan fingerprint density at radius 3 is 3.08 bits per heavy atom. The number of hydrogen-bond acceptors (Lipinski definition) is 1. The fourth-order valence-electron chi connectivity index (χ4n) is 1.26. The Balaban J connectivity index is 2.19. The van der Waals surface area contributed by atoms with E-state index in [0.29, 0.717) is 12.5 Å². The van der Waals surface area contributed by atoms with Gasteiger partial charge >= 0.3 is 0 Å². The van der Waals surface area contributed by atoms with Crippen LogP contribution in [-0.4, -0.2) is 12.5 Å². The molecular weight excluding hydrogens is 172 g/mol. The van der Waals surface area contributed by atoms with Gasteiger partial charge < -0.3 is 4.74 Å². The zero-order chi connectivity index (χ0) is 8.65. The van der Waals surface area contributed by atoms with Crippen LogP contribution < -0.4 is 0 Å². The van der Waals surface area contributed by atoms with Gasteiger partial charge in [-0.15, -0.1) is 11.6 Å². The average Bonchev–Trinajstić information content (AvgIpc) is 2.14. The molecule has 0 aromatic heterocycles. The predicted molar refractivity (Wildman–Crippen MR) is 52.4 cm³/mol. The van der Waals surface area contributed by atoms with Crippen molar-refractivity contribution in [2.45, 2.75) is 25.7 Å². The summed E-state index contributed by atoms with van der Waals surface area (Å²) in [6, 6.07) is 0. The van der Waals surface area contributed by atoms with Crippen LogP contribution in [0.25, 0.3) is 0 Å². The van der Waals surface area contributed by atoms with E-state index in [0.717, 1.165) is 0 Å². The molecule has 0 spiro atoms. The van der Waals surface area contributed by atoms with E-state index in [4.69, 9.17) is 16.3 Å². The van der Waals surface area contributed by atoms with Gasteiger partial charge in [-0.05, 0) is 37.3 Å². The van der Waals surface area contributed by atoms with Crippen LogP contribution in [0.5, 0.6) is 0 Å². The third-order valence-electron chi connectivity index (χ3n) is 1.90. The van der Waals surface area contributed by atoms with Crippen molar-refractivity contribution in [1.29, 1.82) is 0 Å². The summed E-state index contributed by atoms with van der Waals surface area (Å²) in [6.07, 6.45) is 11.1. The minimum Gasteiger partial charge on any atom is -0.500 e. The summed E-state index contributed by atoms with van der Waals surface area (Å²) < 4.78 is 5.13. The second kappa shape index (κ2) is 6.13. The normalized spacial score (nSPS) is 17.9. The Morgan fingerprint density at radius 1 is 1.50 bits per heavy atom. The lowest BCUT2D eigenvalue weighted by Crippen LogP contribution is -1.90. The maximum Gasteiger partial charge on any atom is 0.101 e. The van der Waals surface area contributed by atoms with Crippen LogP contribution in [0.1, 0.15) is 25.7 Å². The molecule has 0 radical (unpaired) electrons. The van der Waals surface area contributed by atoms with Crippen molar-refractivity contribution in [3.8, 4) is 0 Å². The van der Waals surface area contributed by atoms with Crippen molar-refractivity contribution >= 4 is 11.6 Å². The third kappa shape index (κ3) is 3.82. The highest BCUT2D eigenvalue weighted by molar-refractivity contribution is 6.17. The number of rotatable bonds is 4. The molecule has 68 valence electrons. The molecule has 2 heteroatoms. The number of alkyl halides is 1. The van der Waals surface area contributed by atoms with Crippen molar-refractivity contribution in [2.75, 3.05) is 12.5 Å². The van der Waals surface area contributed by atoms with Crippen molar-refractivity contribution < 1.29 is 4.74 Å². The van der Waals surface area contributed by atoms with Crippen LogP contribution in [0.15, 0.2) is 24.0 Å². The standard InChI is InChI=1S/C10H15ClO/c11-7-9-12-8-6-10-4-2-1-3-5-10/h4,6,8H,1-3,5,7,9H2/b8-6+. The first-order valence-electron chi connectivity index (χ1n) is 4.46. The number of ether oxygens (including phenoxy) is 1. The lowest BCUT2D eigenvalue weighted by Gasteiger charge is -2.07. The molecule has 1 aliphatic rings. The first-order valence-corrected chi connectivity index (χ1v) is 5.00. The second-order valence-corrected chi connectivity index (χ2v) is 3.27. The summed E-state index contributed by atoms with van der Waals surface area (Å²) in [6.45, 7) is 0.603. The molecular formula is C10H15ClO. The highest BCUT2D eigenvalue weighted by Crippen LogP contribution is 2.17. The number of hydrogen-bond donors (Lipinski definition) is 0. The molecule has 0 N–H and O–H groups in total. The van der Waals surface area contributed by atoms with E-state index in [1.54, 1.807) is 6.26 Å². The van der Waals surface area contributed by atoms with Crippen molar-refractivity contribution in [2.24, 2.45) is 0 Å². The third-order valence-corrected chi connectivity index (χ3v) is 2.05. The van der Waals surface area contributed by atoms with E-state index in [2.05, 4.69) is 6.08 Å². The summed E-state index contributed by atoms with van der Waals surface area (Å²) in [7, 11) is 0. The minimum atomic E-state index is 0.559. The summed E-state index contributed by atoms with van der Waals surface area (Å²) in [5, 5.41) is 0. The van der Waals surface area contributed by atoms with Gasteiger partial charge in [-0.25, -0.2) is 0 Å². The van der Waals surface area contributed by atoms with E-state index in [9.17, 15) is 0 Å². The van der Waals surface area contributed by atoms with E-state index < -0.39 is 0 Å². The van der Waals surface area contributed by atoms with E-state index in [-0.39, 0.29) is 0 Å². The van der Waals surface area contributed by atoms with E-state index >= 15 is 0 Å². The molecule has 0 amide bonds. The fraction of sp³-hybridized carbons (Fsp3) is 0.600. The van der Waals surface area contributed by atoms with Gasteiger partial charge in [-0.1, -0.05) is 6.08 Å². The Labute approximate surface area is 79.1 Å². The van der Waals surface area contributed by atoms with Crippen LogP contribution >= 0.6 is 11.6 Å². The lowest BCUT2D eigenvalue weighted by molar-refractivity contribution is 0.271. The van der Waals surface area contributed by atoms with Gasteiger partial charge in [-0.3, -0.25) is 0 Å². The summed E-state index contributed by atoms with van der Waals surface area (Å²) in [4.78, 5) is 0. The molecule has 0 bridgehead atoms. The Hall–Kier alpha value is -0.430. The van der Waals surface area contributed by atoms with Gasteiger partial charge in [0.05, 0.1) is 12.1 Å². The largest absolute Gasteiger partial charge is 0.500 e. The average molecular weight is 187 g/mol. The highest BCUT2D eigenvalue weighted by Gasteiger charge is 1.98. The van der Waals surface area contributed by atoms with Crippen LogP contribution in [0.2, 0.25) is 0 Å². The molecule has 12 heavy (non-hydrogen) atoms. The molecule has 0 unspecified atom stereocenters. The molecule has 1 nitrogen and oxygen atoms in total. The molecule has 0 atom stereocenters. The molecule has 1 rings (SSSR count). The van der Waals surface area contributed by atoms with Crippen molar-refractivity contribution in [1.82, 2.24) is 0 Å². The zero-order valence-corrected chi connectivity index (χ0v) is 8.02. The summed E-state index contributed by atoms with van der Waals surface area (Å²) >= 11 is 5.45. The van der Waals surface area contributed by atoms with Gasteiger partial charge in [0.1, 0.15) is 6.61 Å². The molecule has 0 heterocycles. The summed E-state index contributed by atoms with van der Waals surface area (Å²) in [5.41, 5.74) is 1.40. The van der Waals surface area contributed by atoms with Gasteiger partial charge in [0.25, 0.3) is 0 Å². The lowest BCUT2D eigenvalue weighted by atomic mass is 10.00. The topological polar surface area (TPSA) is 9.23 Å². The van der Waals surface area contributed by atoms with Crippen LogP contribution in [0.3, 0.4) is 0 Å². The van der Waals surface area contributed by atoms with Crippen molar-refractivity contribution in [3.05, 3.63) is 24.0 Å². The highest BCUT2D eigenvalue weighted by atomic mass is 35.5. The molecule has 0 aromatic rings. The monoisotopic (exact) mass is 186 g/mol. The van der Waals surface area contributed by atoms with E-state index in [1.165, 1.54) is 31.3 Å². The summed E-state index contributed by atoms with van der Waals surface area (Å²) in [5.74, 6) is 0.559. The second-order valence-electron chi connectivity index (χ2n) is 2.89. The van der Waals surface area contributed by atoms with E-state index in [1.807, 2.05) is 6.08 Å². The van der Waals surface area contributed by atoms with Gasteiger partial charge in [-0.2, -0.15) is 0 Å². The van der Waals surface area contributed by atoms with Crippen LogP contribution in [0.4, 0.5) is 0 Å².